The van der Waals surface area contributed by atoms with E-state index in [0.29, 0.717) is 17.2 Å². The molecule has 0 saturated carbocycles. The molecule has 0 aliphatic carbocycles. The van der Waals surface area contributed by atoms with Crippen LogP contribution >= 0.6 is 0 Å². The molecule has 0 aliphatic rings. The summed E-state index contributed by atoms with van der Waals surface area (Å²) in [6.07, 6.45) is 3.35. The van der Waals surface area contributed by atoms with Gasteiger partial charge in [0.1, 0.15) is 11.4 Å². The van der Waals surface area contributed by atoms with Gasteiger partial charge in [0.05, 0.1) is 0 Å². The Kier molecular flexibility index (Phi) is 2.45. The van der Waals surface area contributed by atoms with Crippen LogP contribution in [-0.2, 0) is 0 Å². The Morgan fingerprint density at radius 2 is 2.13 bits per heavy atom. The summed E-state index contributed by atoms with van der Waals surface area (Å²) >= 11 is 0. The smallest absolute Gasteiger partial charge is 0.184 e. The van der Waals surface area contributed by atoms with Crippen LogP contribution in [-0.4, -0.2) is 21.1 Å². The van der Waals surface area contributed by atoms with Gasteiger partial charge < -0.3 is 9.73 Å². The predicted octanol–water partition coefficient (Wildman–Crippen LogP) is 1.93. The highest BCUT2D eigenvalue weighted by Gasteiger charge is 2.08. The molecule has 2 heterocycles. The first-order valence-corrected chi connectivity index (χ1v) is 4.37. The van der Waals surface area contributed by atoms with Crippen LogP contribution < -0.4 is 0 Å². The first-order valence-electron chi connectivity index (χ1n) is 4.37. The minimum atomic E-state index is 0.391. The monoisotopic (exact) mass is 203 g/mol. The lowest BCUT2D eigenvalue weighted by atomic mass is 10.2. The summed E-state index contributed by atoms with van der Waals surface area (Å²) in [5.41, 5.74) is 1.99. The van der Waals surface area contributed by atoms with E-state index in [1.54, 1.807) is 25.4 Å². The molecule has 5 nitrogen and oxygen atoms in total. The summed E-state index contributed by atoms with van der Waals surface area (Å²) in [7, 11) is 0. The van der Waals surface area contributed by atoms with Gasteiger partial charge in [-0.25, -0.2) is 0 Å². The second kappa shape index (κ2) is 3.91. The fourth-order valence-corrected chi connectivity index (χ4v) is 1.15. The van der Waals surface area contributed by atoms with Gasteiger partial charge in [-0.2, -0.15) is 0 Å². The molecule has 0 unspecified atom stereocenters. The van der Waals surface area contributed by atoms with Gasteiger partial charge in [-0.15, -0.1) is 0 Å². The Morgan fingerprint density at radius 1 is 1.40 bits per heavy atom. The summed E-state index contributed by atoms with van der Waals surface area (Å²) in [6, 6.07) is 5.37. The van der Waals surface area contributed by atoms with Crippen molar-refractivity contribution >= 4 is 5.71 Å². The van der Waals surface area contributed by atoms with Gasteiger partial charge in [0.15, 0.2) is 5.76 Å². The standard InChI is InChI=1S/C10H9N3O2/c1-7(12-14)10-6-9(13-15-10)8-2-4-11-5-3-8/h2-6,14H,1H3. The van der Waals surface area contributed by atoms with E-state index in [-0.39, 0.29) is 0 Å². The minimum Gasteiger partial charge on any atom is -0.411 e. The summed E-state index contributed by atoms with van der Waals surface area (Å²) in [6.45, 7) is 1.64. The first-order chi connectivity index (χ1) is 7.31. The zero-order chi connectivity index (χ0) is 10.7. The van der Waals surface area contributed by atoms with Crippen LogP contribution in [0.5, 0.6) is 0 Å². The quantitative estimate of drug-likeness (QED) is 0.460. The molecule has 0 radical (unpaired) electrons. The Morgan fingerprint density at radius 3 is 2.80 bits per heavy atom. The van der Waals surface area contributed by atoms with E-state index in [2.05, 4.69) is 15.3 Å². The topological polar surface area (TPSA) is 71.5 Å². The summed E-state index contributed by atoms with van der Waals surface area (Å²) < 4.78 is 5.01. The highest BCUT2D eigenvalue weighted by molar-refractivity contribution is 5.96. The lowest BCUT2D eigenvalue weighted by Crippen LogP contribution is -1.90. The lowest BCUT2D eigenvalue weighted by Gasteiger charge is -1.90. The second-order valence-electron chi connectivity index (χ2n) is 3.00. The van der Waals surface area contributed by atoms with Gasteiger partial charge in [0.2, 0.25) is 0 Å². The van der Waals surface area contributed by atoms with Crippen LogP contribution in [0.15, 0.2) is 40.3 Å². The lowest BCUT2D eigenvalue weighted by molar-refractivity contribution is 0.316. The molecule has 2 rings (SSSR count). The minimum absolute atomic E-state index is 0.391. The van der Waals surface area contributed by atoms with Crippen LogP contribution in [0.2, 0.25) is 0 Å². The van der Waals surface area contributed by atoms with Crippen LogP contribution in [0.1, 0.15) is 12.7 Å². The molecule has 0 atom stereocenters. The molecule has 0 saturated heterocycles. The van der Waals surface area contributed by atoms with E-state index in [1.807, 2.05) is 12.1 Å². The Hall–Kier alpha value is -2.17. The third-order valence-electron chi connectivity index (χ3n) is 1.99. The fourth-order valence-electron chi connectivity index (χ4n) is 1.15. The average Bonchev–Trinajstić information content (AvgIpc) is 2.78. The third-order valence-corrected chi connectivity index (χ3v) is 1.99. The van der Waals surface area contributed by atoms with Crippen molar-refractivity contribution in [2.24, 2.45) is 5.16 Å². The van der Waals surface area contributed by atoms with Crippen molar-refractivity contribution in [1.82, 2.24) is 10.1 Å². The summed E-state index contributed by atoms with van der Waals surface area (Å²) in [5, 5.41) is 15.5. The van der Waals surface area contributed by atoms with Gasteiger partial charge in [-0.05, 0) is 19.1 Å². The van der Waals surface area contributed by atoms with Crippen molar-refractivity contribution in [3.05, 3.63) is 36.4 Å². The molecule has 0 fully saturated rings. The molecule has 0 aliphatic heterocycles. The van der Waals surface area contributed by atoms with Crippen molar-refractivity contribution in [3.8, 4) is 11.3 Å². The zero-order valence-corrected chi connectivity index (χ0v) is 8.08. The summed E-state index contributed by atoms with van der Waals surface area (Å²) in [5.74, 6) is 0.448. The molecule has 0 aromatic carbocycles. The normalized spacial score (nSPS) is 11.7. The van der Waals surface area contributed by atoms with Crippen LogP contribution in [0.3, 0.4) is 0 Å². The maximum atomic E-state index is 8.56. The van der Waals surface area contributed by atoms with E-state index in [0.717, 1.165) is 5.56 Å². The number of oxime groups is 1. The molecule has 1 N–H and O–H groups in total. The van der Waals surface area contributed by atoms with Crippen LogP contribution in [0.4, 0.5) is 0 Å². The van der Waals surface area contributed by atoms with Crippen molar-refractivity contribution in [2.45, 2.75) is 6.92 Å². The van der Waals surface area contributed by atoms with E-state index < -0.39 is 0 Å². The van der Waals surface area contributed by atoms with Crippen molar-refractivity contribution in [1.29, 1.82) is 0 Å². The molecular formula is C10H9N3O2. The molecule has 5 heteroatoms. The maximum absolute atomic E-state index is 8.56. The number of pyridine rings is 1. The maximum Gasteiger partial charge on any atom is 0.184 e. The second-order valence-corrected chi connectivity index (χ2v) is 3.00. The predicted molar refractivity (Wildman–Crippen MR) is 53.7 cm³/mol. The molecular weight excluding hydrogens is 194 g/mol. The first kappa shape index (κ1) is 9.39. The average molecular weight is 203 g/mol. The SMILES string of the molecule is CC(=NO)c1cc(-c2ccncc2)no1. The highest BCUT2D eigenvalue weighted by Crippen LogP contribution is 2.18. The largest absolute Gasteiger partial charge is 0.411 e. The van der Waals surface area contributed by atoms with Gasteiger partial charge in [-0.1, -0.05) is 10.3 Å². The number of hydrogen-bond acceptors (Lipinski definition) is 5. The molecule has 0 bridgehead atoms. The van der Waals surface area contributed by atoms with E-state index in [1.165, 1.54) is 0 Å². The highest BCUT2D eigenvalue weighted by atomic mass is 16.5. The third kappa shape index (κ3) is 1.85. The Bertz CT molecular complexity index is 476. The molecule has 2 aromatic heterocycles. The van der Waals surface area contributed by atoms with Crippen LogP contribution in [0.25, 0.3) is 11.3 Å². The van der Waals surface area contributed by atoms with Crippen LogP contribution in [0, 0.1) is 0 Å². The Balaban J connectivity index is 2.36. The van der Waals surface area contributed by atoms with E-state index in [4.69, 9.17) is 9.73 Å². The van der Waals surface area contributed by atoms with Crippen molar-refractivity contribution < 1.29 is 9.73 Å². The zero-order valence-electron chi connectivity index (χ0n) is 8.08. The number of rotatable bonds is 2. The van der Waals surface area contributed by atoms with Gasteiger partial charge >= 0.3 is 0 Å². The van der Waals surface area contributed by atoms with Crippen molar-refractivity contribution in [3.63, 3.8) is 0 Å². The number of nitrogens with zero attached hydrogens (tertiary/aromatic N) is 3. The Labute approximate surface area is 86.0 Å². The molecule has 2 aromatic rings. The van der Waals surface area contributed by atoms with Gasteiger partial charge in [0.25, 0.3) is 0 Å². The molecule has 15 heavy (non-hydrogen) atoms. The molecule has 0 spiro atoms. The fraction of sp³-hybridized carbons (Fsp3) is 0.100. The van der Waals surface area contributed by atoms with Gasteiger partial charge in [0, 0.05) is 24.0 Å². The van der Waals surface area contributed by atoms with Crippen molar-refractivity contribution in [2.75, 3.05) is 0 Å². The van der Waals surface area contributed by atoms with E-state index >= 15 is 0 Å². The molecule has 0 amide bonds. The van der Waals surface area contributed by atoms with Gasteiger partial charge in [-0.3, -0.25) is 4.98 Å². The van der Waals surface area contributed by atoms with E-state index in [9.17, 15) is 0 Å². The summed E-state index contributed by atoms with van der Waals surface area (Å²) in [4.78, 5) is 3.91. The molecule has 76 valence electrons. The number of aromatic nitrogens is 2. The number of hydrogen-bond donors (Lipinski definition) is 1.